The van der Waals surface area contributed by atoms with Gasteiger partial charge >= 0.3 is 5.97 Å². The maximum absolute atomic E-state index is 12.1. The second kappa shape index (κ2) is 5.17. The molecule has 20 heavy (non-hydrogen) atoms. The smallest absolute Gasteiger partial charge is 0.328 e. The average molecular weight is 298 g/mol. The predicted octanol–water partition coefficient (Wildman–Crippen LogP) is -0.0286. The van der Waals surface area contributed by atoms with Crippen molar-refractivity contribution in [3.8, 4) is 0 Å². The van der Waals surface area contributed by atoms with E-state index in [4.69, 9.17) is 5.11 Å². The Balaban J connectivity index is 2.32. The van der Waals surface area contributed by atoms with E-state index >= 15 is 0 Å². The molecule has 2 aromatic heterocycles. The van der Waals surface area contributed by atoms with Gasteiger partial charge in [-0.1, -0.05) is 11.3 Å². The highest BCUT2D eigenvalue weighted by molar-refractivity contribution is 7.19. The van der Waals surface area contributed by atoms with E-state index in [1.807, 2.05) is 0 Å². The first-order chi connectivity index (χ1) is 9.32. The van der Waals surface area contributed by atoms with Crippen molar-refractivity contribution in [2.75, 3.05) is 0 Å². The molecule has 0 aromatic carbocycles. The number of aliphatic carboxylic acids is 1. The van der Waals surface area contributed by atoms with Crippen LogP contribution in [0, 0.1) is 13.8 Å². The average Bonchev–Trinajstić information content (AvgIpc) is 2.87. The number of carboxylic acids is 1. The minimum Gasteiger partial charge on any atom is -0.480 e. The molecule has 0 spiro atoms. The molecule has 0 bridgehead atoms. The number of aliphatic hydroxyl groups excluding tert-OH is 1. The summed E-state index contributed by atoms with van der Waals surface area (Å²) in [5, 5.41) is 28.4. The molecular weight excluding hydrogens is 284 g/mol. The lowest BCUT2D eigenvalue weighted by atomic mass is 10.2. The van der Waals surface area contributed by atoms with Crippen LogP contribution in [0.2, 0.25) is 0 Å². The van der Waals surface area contributed by atoms with E-state index in [-0.39, 0.29) is 0 Å². The summed E-state index contributed by atoms with van der Waals surface area (Å²) in [6, 6.07) is -1.35. The van der Waals surface area contributed by atoms with Gasteiger partial charge in [-0.3, -0.25) is 9.20 Å². The number of hydrogen-bond acceptors (Lipinski definition) is 6. The molecule has 0 aliphatic rings. The van der Waals surface area contributed by atoms with Crippen molar-refractivity contribution in [1.29, 1.82) is 0 Å². The lowest BCUT2D eigenvalue weighted by Gasteiger charge is -2.16. The van der Waals surface area contributed by atoms with Crippen LogP contribution in [-0.2, 0) is 4.79 Å². The lowest BCUT2D eigenvalue weighted by Crippen LogP contribution is -2.47. The highest BCUT2D eigenvalue weighted by Crippen LogP contribution is 2.22. The van der Waals surface area contributed by atoms with Crippen LogP contribution in [0.3, 0.4) is 0 Å². The number of hydrogen-bond donors (Lipinski definition) is 3. The fraction of sp³-hybridized carbons (Fsp3) is 0.455. The van der Waals surface area contributed by atoms with Gasteiger partial charge < -0.3 is 15.5 Å². The highest BCUT2D eigenvalue weighted by atomic mass is 32.1. The maximum Gasteiger partial charge on any atom is 0.328 e. The Labute approximate surface area is 118 Å². The second-order valence-corrected chi connectivity index (χ2v) is 5.39. The number of thiazole rings is 1. The Morgan fingerprint density at radius 1 is 1.35 bits per heavy atom. The number of carbonyl (C=O) groups is 2. The molecule has 3 N–H and O–H groups in total. The third kappa shape index (κ3) is 2.37. The summed E-state index contributed by atoms with van der Waals surface area (Å²) in [6.07, 6.45) is -1.19. The number of nitrogens with one attached hydrogen (secondary N) is 1. The molecule has 2 heterocycles. The summed E-state index contributed by atoms with van der Waals surface area (Å²) in [5.41, 5.74) is 0.639. The van der Waals surface area contributed by atoms with Crippen molar-refractivity contribution < 1.29 is 19.8 Å². The SMILES string of the molecule is Cc1nnc2sc(C(=O)NC(C(=O)O)C(C)O)c(C)n12. The van der Waals surface area contributed by atoms with Gasteiger partial charge in [0.2, 0.25) is 4.96 Å². The van der Waals surface area contributed by atoms with Crippen molar-refractivity contribution in [1.82, 2.24) is 19.9 Å². The highest BCUT2D eigenvalue weighted by Gasteiger charge is 2.27. The van der Waals surface area contributed by atoms with Crippen LogP contribution in [0.4, 0.5) is 0 Å². The first-order valence-electron chi connectivity index (χ1n) is 5.85. The number of amides is 1. The van der Waals surface area contributed by atoms with E-state index in [9.17, 15) is 14.7 Å². The first kappa shape index (κ1) is 14.4. The van der Waals surface area contributed by atoms with Gasteiger partial charge in [0.1, 0.15) is 10.7 Å². The minimum absolute atomic E-state index is 0.352. The van der Waals surface area contributed by atoms with E-state index in [0.717, 1.165) is 11.3 Å². The van der Waals surface area contributed by atoms with Crippen molar-refractivity contribution in [3.05, 3.63) is 16.4 Å². The number of carbonyl (C=O) groups excluding carboxylic acids is 1. The molecule has 2 atom stereocenters. The summed E-state index contributed by atoms with van der Waals surface area (Å²) in [7, 11) is 0. The van der Waals surface area contributed by atoms with Crippen molar-refractivity contribution in [3.63, 3.8) is 0 Å². The molecular formula is C11H14N4O4S. The van der Waals surface area contributed by atoms with Crippen LogP contribution in [0.15, 0.2) is 0 Å². The van der Waals surface area contributed by atoms with Crippen molar-refractivity contribution in [2.45, 2.75) is 32.9 Å². The zero-order valence-electron chi connectivity index (χ0n) is 11.1. The second-order valence-electron chi connectivity index (χ2n) is 4.41. The zero-order chi connectivity index (χ0) is 15.0. The third-order valence-corrected chi connectivity index (χ3v) is 4.03. The van der Waals surface area contributed by atoms with Gasteiger partial charge in [0.05, 0.1) is 6.10 Å². The normalized spacial score (nSPS) is 14.2. The summed E-state index contributed by atoms with van der Waals surface area (Å²) in [6.45, 7) is 4.80. The van der Waals surface area contributed by atoms with Gasteiger partial charge in [-0.2, -0.15) is 0 Å². The fourth-order valence-electron chi connectivity index (χ4n) is 1.87. The van der Waals surface area contributed by atoms with Gasteiger partial charge in [0.25, 0.3) is 5.91 Å². The van der Waals surface area contributed by atoms with Gasteiger partial charge in [-0.05, 0) is 20.8 Å². The summed E-state index contributed by atoms with van der Waals surface area (Å²) in [4.78, 5) is 24.0. The number of aromatic nitrogens is 3. The van der Waals surface area contributed by atoms with Gasteiger partial charge in [-0.25, -0.2) is 4.79 Å². The molecule has 108 valence electrons. The Morgan fingerprint density at radius 2 is 2.00 bits per heavy atom. The lowest BCUT2D eigenvalue weighted by molar-refractivity contribution is -0.141. The number of fused-ring (bicyclic) bond motifs is 1. The van der Waals surface area contributed by atoms with Crippen LogP contribution in [0.1, 0.15) is 28.1 Å². The Bertz CT molecular complexity index is 675. The van der Waals surface area contributed by atoms with E-state index in [1.54, 1.807) is 18.2 Å². The Hall–Kier alpha value is -2.00. The van der Waals surface area contributed by atoms with Crippen LogP contribution >= 0.6 is 11.3 Å². The molecule has 0 fully saturated rings. The number of carboxylic acid groups (broad SMARTS) is 1. The molecule has 0 saturated carbocycles. The summed E-state index contributed by atoms with van der Waals surface area (Å²) < 4.78 is 1.72. The van der Waals surface area contributed by atoms with Gasteiger partial charge in [0, 0.05) is 5.69 Å². The standard InChI is InChI=1S/C11H14N4O4S/c1-4-8(20-11-14-13-6(3)15(4)11)9(17)12-7(5(2)16)10(18)19/h5,7,16H,1-3H3,(H,12,17)(H,18,19). The van der Waals surface area contributed by atoms with E-state index in [2.05, 4.69) is 15.5 Å². The molecule has 0 saturated heterocycles. The van der Waals surface area contributed by atoms with Crippen molar-refractivity contribution >= 4 is 28.2 Å². The molecule has 2 aromatic rings. The van der Waals surface area contributed by atoms with E-state index in [1.165, 1.54) is 6.92 Å². The fourth-order valence-corrected chi connectivity index (χ4v) is 2.88. The summed E-state index contributed by atoms with van der Waals surface area (Å²) >= 11 is 1.12. The molecule has 1 amide bonds. The van der Waals surface area contributed by atoms with Crippen LogP contribution in [0.5, 0.6) is 0 Å². The van der Waals surface area contributed by atoms with Crippen LogP contribution < -0.4 is 5.32 Å². The maximum atomic E-state index is 12.1. The molecule has 2 rings (SSSR count). The molecule has 2 unspecified atom stereocenters. The largest absolute Gasteiger partial charge is 0.480 e. The van der Waals surface area contributed by atoms with Gasteiger partial charge in [0.15, 0.2) is 6.04 Å². The molecule has 0 radical (unpaired) electrons. The molecule has 0 aliphatic carbocycles. The number of rotatable bonds is 4. The minimum atomic E-state index is -1.35. The number of nitrogens with zero attached hydrogens (tertiary/aromatic N) is 3. The topological polar surface area (TPSA) is 117 Å². The first-order valence-corrected chi connectivity index (χ1v) is 6.67. The third-order valence-electron chi connectivity index (χ3n) is 2.89. The van der Waals surface area contributed by atoms with E-state index in [0.29, 0.717) is 21.4 Å². The molecule has 9 heteroatoms. The van der Waals surface area contributed by atoms with E-state index < -0.39 is 24.0 Å². The van der Waals surface area contributed by atoms with Crippen LogP contribution in [-0.4, -0.2) is 48.8 Å². The summed E-state index contributed by atoms with van der Waals surface area (Å²) in [5.74, 6) is -1.19. The number of aliphatic hydroxyl groups is 1. The zero-order valence-corrected chi connectivity index (χ0v) is 11.9. The van der Waals surface area contributed by atoms with Crippen molar-refractivity contribution in [2.24, 2.45) is 0 Å². The quantitative estimate of drug-likeness (QED) is 0.730. The number of aryl methyl sites for hydroxylation is 2. The Morgan fingerprint density at radius 3 is 2.50 bits per heavy atom. The monoisotopic (exact) mass is 298 g/mol. The van der Waals surface area contributed by atoms with Gasteiger partial charge in [-0.15, -0.1) is 10.2 Å². The Kier molecular flexibility index (Phi) is 3.73. The van der Waals surface area contributed by atoms with Crippen LogP contribution in [0.25, 0.3) is 4.96 Å². The molecule has 0 aliphatic heterocycles. The molecule has 8 nitrogen and oxygen atoms in total. The predicted molar refractivity (Wildman–Crippen MR) is 70.9 cm³/mol.